The van der Waals surface area contributed by atoms with Crippen LogP contribution < -0.4 is 10.1 Å². The first-order valence-electron chi connectivity index (χ1n) is 10.9. The minimum Gasteiger partial charge on any atom is -0.489 e. The van der Waals surface area contributed by atoms with Crippen molar-refractivity contribution in [1.29, 1.82) is 0 Å². The number of ether oxygens (including phenoxy) is 1. The van der Waals surface area contributed by atoms with Crippen LogP contribution in [0.5, 0.6) is 5.75 Å². The van der Waals surface area contributed by atoms with Crippen LogP contribution in [0.2, 0.25) is 0 Å². The molecule has 2 fully saturated rings. The summed E-state index contributed by atoms with van der Waals surface area (Å²) in [6, 6.07) is 11.6. The molecule has 2 atom stereocenters. The van der Waals surface area contributed by atoms with Crippen molar-refractivity contribution in [3.8, 4) is 5.75 Å². The van der Waals surface area contributed by atoms with Crippen LogP contribution in [0.1, 0.15) is 35.4 Å². The molecule has 0 bridgehead atoms. The summed E-state index contributed by atoms with van der Waals surface area (Å²) in [5.74, 6) is 0.842. The quantitative estimate of drug-likeness (QED) is 0.787. The van der Waals surface area contributed by atoms with Crippen molar-refractivity contribution in [3.63, 3.8) is 0 Å². The Kier molecular flexibility index (Phi) is 6.27. The van der Waals surface area contributed by atoms with Gasteiger partial charge in [-0.2, -0.15) is 5.10 Å². The van der Waals surface area contributed by atoms with Gasteiger partial charge in [-0.1, -0.05) is 18.2 Å². The number of para-hydroxylation sites is 1. The molecule has 2 amide bonds. The number of nitrogens with one attached hydrogen (secondary N) is 1. The second-order valence-corrected chi connectivity index (χ2v) is 8.43. The number of likely N-dealkylation sites (N-methyl/N-ethyl adjacent to an activating group) is 1. The van der Waals surface area contributed by atoms with Crippen molar-refractivity contribution in [1.82, 2.24) is 24.9 Å². The van der Waals surface area contributed by atoms with Gasteiger partial charge in [-0.25, -0.2) is 0 Å². The Morgan fingerprint density at radius 3 is 2.48 bits per heavy atom. The van der Waals surface area contributed by atoms with Crippen molar-refractivity contribution in [2.24, 2.45) is 7.05 Å². The number of amides is 2. The summed E-state index contributed by atoms with van der Waals surface area (Å²) in [7, 11) is 3.53. The molecule has 4 rings (SSSR count). The number of hydrogen-bond donors (Lipinski definition) is 1. The van der Waals surface area contributed by atoms with Gasteiger partial charge in [-0.15, -0.1) is 0 Å². The normalized spacial score (nSPS) is 22.5. The van der Waals surface area contributed by atoms with Gasteiger partial charge >= 0.3 is 0 Å². The molecule has 2 saturated heterocycles. The Morgan fingerprint density at radius 1 is 1.16 bits per heavy atom. The molecule has 8 heteroatoms. The third kappa shape index (κ3) is 4.58. The summed E-state index contributed by atoms with van der Waals surface area (Å²) in [4.78, 5) is 29.5. The van der Waals surface area contributed by atoms with Crippen LogP contribution in [0.4, 0.5) is 0 Å². The zero-order chi connectivity index (χ0) is 22.0. The predicted octanol–water partition coefficient (Wildman–Crippen LogP) is 1.60. The molecule has 166 valence electrons. The fourth-order valence-corrected chi connectivity index (χ4v) is 4.65. The Balaban J connectivity index is 1.39. The summed E-state index contributed by atoms with van der Waals surface area (Å²) in [5, 5.41) is 7.13. The summed E-state index contributed by atoms with van der Waals surface area (Å²) < 4.78 is 7.88. The standard InChI is InChI=1S/C23H31N5O3/c1-16-13-20(25-26(16)3)23(30)27-11-9-17(10-12-27)28-15-19(14-21(28)22(29)24-2)31-18-7-5-4-6-8-18/h4-8,13,17,19,21H,9-12,14-15H2,1-3H3,(H,24,29)/t19-,21-/m0/s1. The molecule has 1 aromatic heterocycles. The molecule has 31 heavy (non-hydrogen) atoms. The van der Waals surface area contributed by atoms with Crippen molar-refractivity contribution >= 4 is 11.8 Å². The molecule has 2 aliphatic heterocycles. The van der Waals surface area contributed by atoms with Gasteiger partial charge in [0.15, 0.2) is 5.69 Å². The van der Waals surface area contributed by atoms with Gasteiger partial charge in [0.1, 0.15) is 11.9 Å². The fourth-order valence-electron chi connectivity index (χ4n) is 4.65. The number of carbonyl (C=O) groups excluding carboxylic acids is 2. The lowest BCUT2D eigenvalue weighted by atomic mass is 10.0. The average Bonchev–Trinajstić information content (AvgIpc) is 3.36. The van der Waals surface area contributed by atoms with Crippen LogP contribution in [0.3, 0.4) is 0 Å². The molecule has 1 aromatic carbocycles. The molecule has 2 aliphatic rings. The number of carbonyl (C=O) groups is 2. The minimum atomic E-state index is -0.204. The van der Waals surface area contributed by atoms with Crippen LogP contribution in [-0.4, -0.2) is 76.3 Å². The number of aromatic nitrogens is 2. The lowest BCUT2D eigenvalue weighted by molar-refractivity contribution is -0.126. The van der Waals surface area contributed by atoms with Crippen LogP contribution >= 0.6 is 0 Å². The number of likely N-dealkylation sites (tertiary alicyclic amines) is 2. The zero-order valence-electron chi connectivity index (χ0n) is 18.5. The molecule has 0 radical (unpaired) electrons. The van der Waals surface area contributed by atoms with Gasteiger partial charge in [-0.05, 0) is 38.0 Å². The summed E-state index contributed by atoms with van der Waals surface area (Å²) in [6.45, 7) is 3.99. The van der Waals surface area contributed by atoms with Gasteiger partial charge in [-0.3, -0.25) is 19.2 Å². The molecule has 8 nitrogen and oxygen atoms in total. The third-order valence-corrected chi connectivity index (χ3v) is 6.45. The van der Waals surface area contributed by atoms with Gasteiger partial charge in [0, 0.05) is 51.9 Å². The number of nitrogens with zero attached hydrogens (tertiary/aromatic N) is 4. The molecule has 2 aromatic rings. The fraction of sp³-hybridized carbons (Fsp3) is 0.522. The SMILES string of the molecule is CNC(=O)[C@@H]1C[C@H](Oc2ccccc2)CN1C1CCN(C(=O)c2cc(C)n(C)n2)CC1. The highest BCUT2D eigenvalue weighted by atomic mass is 16.5. The van der Waals surface area contributed by atoms with Crippen LogP contribution in [-0.2, 0) is 11.8 Å². The molecule has 0 unspecified atom stereocenters. The van der Waals surface area contributed by atoms with E-state index >= 15 is 0 Å². The van der Waals surface area contributed by atoms with Gasteiger partial charge in [0.2, 0.25) is 5.91 Å². The number of rotatable bonds is 5. The van der Waals surface area contributed by atoms with E-state index in [1.165, 1.54) is 0 Å². The van der Waals surface area contributed by atoms with E-state index in [0.717, 1.165) is 24.3 Å². The van der Waals surface area contributed by atoms with Gasteiger partial charge < -0.3 is 15.0 Å². The number of hydrogen-bond acceptors (Lipinski definition) is 5. The maximum atomic E-state index is 12.8. The monoisotopic (exact) mass is 425 g/mol. The number of aryl methyl sites for hydroxylation is 2. The van der Waals surface area contributed by atoms with Crippen molar-refractivity contribution in [2.45, 2.75) is 44.4 Å². The van der Waals surface area contributed by atoms with Crippen LogP contribution in [0.15, 0.2) is 36.4 Å². The highest BCUT2D eigenvalue weighted by Crippen LogP contribution is 2.29. The Morgan fingerprint density at radius 2 is 1.87 bits per heavy atom. The lowest BCUT2D eigenvalue weighted by Gasteiger charge is -2.38. The highest BCUT2D eigenvalue weighted by molar-refractivity contribution is 5.92. The third-order valence-electron chi connectivity index (χ3n) is 6.45. The molecule has 1 N–H and O–H groups in total. The number of piperidine rings is 1. The van der Waals surface area contributed by atoms with E-state index in [9.17, 15) is 9.59 Å². The van der Waals surface area contributed by atoms with E-state index in [0.29, 0.717) is 31.7 Å². The molecule has 0 spiro atoms. The smallest absolute Gasteiger partial charge is 0.274 e. The first-order chi connectivity index (χ1) is 15.0. The van der Waals surface area contributed by atoms with E-state index in [1.807, 2.05) is 55.3 Å². The van der Waals surface area contributed by atoms with Crippen molar-refractivity contribution < 1.29 is 14.3 Å². The Bertz CT molecular complexity index is 901. The predicted molar refractivity (Wildman–Crippen MR) is 117 cm³/mol. The first kappa shape index (κ1) is 21.4. The van der Waals surface area contributed by atoms with Crippen LogP contribution in [0.25, 0.3) is 0 Å². The van der Waals surface area contributed by atoms with E-state index in [4.69, 9.17) is 4.74 Å². The average molecular weight is 426 g/mol. The highest BCUT2D eigenvalue weighted by Gasteiger charge is 2.42. The van der Waals surface area contributed by atoms with Crippen molar-refractivity contribution in [2.75, 3.05) is 26.7 Å². The zero-order valence-corrected chi connectivity index (χ0v) is 18.5. The minimum absolute atomic E-state index is 0.0169. The maximum Gasteiger partial charge on any atom is 0.274 e. The Labute approximate surface area is 183 Å². The first-order valence-corrected chi connectivity index (χ1v) is 10.9. The second kappa shape index (κ2) is 9.09. The van der Waals surface area contributed by atoms with Crippen molar-refractivity contribution in [3.05, 3.63) is 47.8 Å². The largest absolute Gasteiger partial charge is 0.489 e. The lowest BCUT2D eigenvalue weighted by Crippen LogP contribution is -2.51. The van der Waals surface area contributed by atoms with Crippen LogP contribution in [0, 0.1) is 6.92 Å². The summed E-state index contributed by atoms with van der Waals surface area (Å²) in [5.41, 5.74) is 1.47. The molecular weight excluding hydrogens is 394 g/mol. The summed E-state index contributed by atoms with van der Waals surface area (Å²) >= 11 is 0. The topological polar surface area (TPSA) is 79.7 Å². The molecule has 3 heterocycles. The maximum absolute atomic E-state index is 12.8. The second-order valence-electron chi connectivity index (χ2n) is 8.43. The van der Waals surface area contributed by atoms with E-state index < -0.39 is 0 Å². The van der Waals surface area contributed by atoms with Gasteiger partial charge in [0.25, 0.3) is 5.91 Å². The van der Waals surface area contributed by atoms with Gasteiger partial charge in [0.05, 0.1) is 6.04 Å². The number of benzene rings is 1. The molecule has 0 aliphatic carbocycles. The van der Waals surface area contributed by atoms with E-state index in [1.54, 1.807) is 11.7 Å². The van der Waals surface area contributed by atoms with E-state index in [-0.39, 0.29) is 30.0 Å². The van der Waals surface area contributed by atoms with E-state index in [2.05, 4.69) is 15.3 Å². The summed E-state index contributed by atoms with van der Waals surface area (Å²) in [6.07, 6.45) is 2.31. The molecular formula is C23H31N5O3. The molecule has 0 saturated carbocycles. The Hall–Kier alpha value is -2.87.